The van der Waals surface area contributed by atoms with Crippen LogP contribution in [0.25, 0.3) is 11.8 Å². The van der Waals surface area contributed by atoms with E-state index in [1.54, 1.807) is 6.08 Å². The molecule has 0 spiro atoms. The van der Waals surface area contributed by atoms with Crippen molar-refractivity contribution in [1.29, 1.82) is 5.26 Å². The first kappa shape index (κ1) is 21.8. The Hall–Kier alpha value is -3.44. The third-order valence-corrected chi connectivity index (χ3v) is 6.86. The Morgan fingerprint density at radius 3 is 2.66 bits per heavy atom. The van der Waals surface area contributed by atoms with Crippen LogP contribution in [0, 0.1) is 39.0 Å². The Morgan fingerprint density at radius 1 is 1.19 bits per heavy atom. The van der Waals surface area contributed by atoms with E-state index in [9.17, 15) is 10.1 Å². The van der Waals surface area contributed by atoms with Crippen LogP contribution in [0.3, 0.4) is 0 Å². The quantitative estimate of drug-likeness (QED) is 0.453. The molecule has 164 valence electrons. The van der Waals surface area contributed by atoms with Gasteiger partial charge in [-0.3, -0.25) is 10.1 Å². The van der Waals surface area contributed by atoms with Crippen molar-refractivity contribution in [2.24, 2.45) is 0 Å². The molecule has 2 aromatic heterocycles. The molecule has 4 rings (SSSR count). The first-order valence-corrected chi connectivity index (χ1v) is 11.5. The predicted molar refractivity (Wildman–Crippen MR) is 128 cm³/mol. The number of nitrogens with one attached hydrogen (secondary N) is 1. The van der Waals surface area contributed by atoms with Crippen molar-refractivity contribution < 1.29 is 4.79 Å². The van der Waals surface area contributed by atoms with Crippen LogP contribution in [0.1, 0.15) is 40.9 Å². The zero-order valence-corrected chi connectivity index (χ0v) is 19.6. The van der Waals surface area contributed by atoms with Gasteiger partial charge in [0.15, 0.2) is 0 Å². The van der Waals surface area contributed by atoms with Crippen LogP contribution in [0.5, 0.6) is 0 Å². The molecule has 1 aliphatic heterocycles. The number of carbonyl (C=O) groups is 1. The fraction of sp³-hybridized carbons (Fsp3) is 0.333. The van der Waals surface area contributed by atoms with Gasteiger partial charge in [0.1, 0.15) is 11.6 Å². The summed E-state index contributed by atoms with van der Waals surface area (Å²) in [5, 5.41) is 21.8. The second kappa shape index (κ2) is 8.97. The molecule has 1 amide bonds. The standard InChI is InChI=1S/C24H26N6OS/c1-15-8-7-9-21(17(15)3)30-16(2)12-19(18(30)4)13-20(14-25)22(31)26-23-27-28-24(32-23)29-10-5-6-11-29/h7-9,12-13H,5-6,10-11H2,1-4H3,(H,26,27,31)/b20-13-. The van der Waals surface area contributed by atoms with Gasteiger partial charge in [0.25, 0.3) is 5.91 Å². The molecule has 3 heterocycles. The second-order valence-corrected chi connectivity index (χ2v) is 9.04. The van der Waals surface area contributed by atoms with E-state index in [-0.39, 0.29) is 5.57 Å². The van der Waals surface area contributed by atoms with Crippen LogP contribution in [-0.2, 0) is 4.79 Å². The van der Waals surface area contributed by atoms with E-state index in [1.807, 2.05) is 32.0 Å². The predicted octanol–water partition coefficient (Wildman–Crippen LogP) is 4.71. The smallest absolute Gasteiger partial charge is 0.268 e. The van der Waals surface area contributed by atoms with Crippen molar-refractivity contribution in [3.05, 3.63) is 57.9 Å². The summed E-state index contributed by atoms with van der Waals surface area (Å²) in [7, 11) is 0. The van der Waals surface area contributed by atoms with E-state index in [2.05, 4.69) is 51.0 Å². The summed E-state index contributed by atoms with van der Waals surface area (Å²) in [5.41, 5.74) is 6.41. The summed E-state index contributed by atoms with van der Waals surface area (Å²) in [6.45, 7) is 10.1. The van der Waals surface area contributed by atoms with E-state index in [0.717, 1.165) is 53.7 Å². The van der Waals surface area contributed by atoms with Crippen molar-refractivity contribution in [3.63, 3.8) is 0 Å². The minimum absolute atomic E-state index is 0.0316. The van der Waals surface area contributed by atoms with Crippen LogP contribution in [0.15, 0.2) is 29.8 Å². The monoisotopic (exact) mass is 446 g/mol. The molecule has 0 saturated carbocycles. The lowest BCUT2D eigenvalue weighted by molar-refractivity contribution is -0.112. The van der Waals surface area contributed by atoms with Crippen LogP contribution < -0.4 is 10.2 Å². The molecule has 1 fully saturated rings. The normalized spacial score (nSPS) is 14.0. The highest BCUT2D eigenvalue weighted by Crippen LogP contribution is 2.28. The molecule has 0 radical (unpaired) electrons. The molecule has 0 unspecified atom stereocenters. The Labute approximate surface area is 192 Å². The molecule has 1 aromatic carbocycles. The van der Waals surface area contributed by atoms with E-state index >= 15 is 0 Å². The fourth-order valence-corrected chi connectivity index (χ4v) is 4.84. The lowest BCUT2D eigenvalue weighted by Crippen LogP contribution is -2.17. The van der Waals surface area contributed by atoms with Gasteiger partial charge in [-0.25, -0.2) is 0 Å². The lowest BCUT2D eigenvalue weighted by atomic mass is 10.1. The van der Waals surface area contributed by atoms with Gasteiger partial charge < -0.3 is 9.47 Å². The summed E-state index contributed by atoms with van der Waals surface area (Å²) in [4.78, 5) is 14.9. The van der Waals surface area contributed by atoms with Gasteiger partial charge in [-0.05, 0) is 75.4 Å². The summed E-state index contributed by atoms with van der Waals surface area (Å²) in [6.07, 6.45) is 3.92. The van der Waals surface area contributed by atoms with Gasteiger partial charge in [0, 0.05) is 30.2 Å². The largest absolute Gasteiger partial charge is 0.347 e. The number of hydrogen-bond acceptors (Lipinski definition) is 6. The number of anilines is 2. The van der Waals surface area contributed by atoms with Crippen molar-refractivity contribution >= 4 is 33.6 Å². The van der Waals surface area contributed by atoms with Gasteiger partial charge in [0.2, 0.25) is 10.3 Å². The Bertz CT molecular complexity index is 1240. The highest BCUT2D eigenvalue weighted by atomic mass is 32.1. The van der Waals surface area contributed by atoms with Crippen molar-refractivity contribution in [2.75, 3.05) is 23.3 Å². The SMILES string of the molecule is Cc1cccc(-n2c(C)cc(/C=C(/C#N)C(=O)Nc3nnc(N4CCCC4)s3)c2C)c1C. The van der Waals surface area contributed by atoms with Crippen molar-refractivity contribution in [1.82, 2.24) is 14.8 Å². The Morgan fingerprint density at radius 2 is 1.94 bits per heavy atom. The maximum atomic E-state index is 12.8. The number of nitrogens with zero attached hydrogens (tertiary/aromatic N) is 5. The average molecular weight is 447 g/mol. The van der Waals surface area contributed by atoms with Crippen molar-refractivity contribution in [3.8, 4) is 11.8 Å². The van der Waals surface area contributed by atoms with Crippen LogP contribution in [0.4, 0.5) is 10.3 Å². The Kier molecular flexibility index (Phi) is 6.10. The summed E-state index contributed by atoms with van der Waals surface area (Å²) < 4.78 is 2.16. The fourth-order valence-electron chi connectivity index (χ4n) is 4.05. The second-order valence-electron chi connectivity index (χ2n) is 8.09. The van der Waals surface area contributed by atoms with Gasteiger partial charge in [-0.2, -0.15) is 5.26 Å². The molecule has 7 nitrogen and oxygen atoms in total. The molecular weight excluding hydrogens is 420 g/mol. The number of nitriles is 1. The lowest BCUT2D eigenvalue weighted by Gasteiger charge is -2.14. The molecule has 32 heavy (non-hydrogen) atoms. The molecule has 0 aliphatic carbocycles. The maximum Gasteiger partial charge on any atom is 0.268 e. The minimum atomic E-state index is -0.479. The first-order valence-electron chi connectivity index (χ1n) is 10.7. The molecule has 1 saturated heterocycles. The topological polar surface area (TPSA) is 86.8 Å². The number of hydrogen-bond donors (Lipinski definition) is 1. The summed E-state index contributed by atoms with van der Waals surface area (Å²) in [6, 6.07) is 10.2. The van der Waals surface area contributed by atoms with E-state index in [1.165, 1.54) is 22.5 Å². The molecular formula is C24H26N6OS. The summed E-state index contributed by atoms with van der Waals surface area (Å²) >= 11 is 1.33. The number of aromatic nitrogens is 3. The average Bonchev–Trinajstić information content (AvgIpc) is 3.50. The maximum absolute atomic E-state index is 12.8. The van der Waals surface area contributed by atoms with Gasteiger partial charge in [-0.15, -0.1) is 10.2 Å². The third-order valence-electron chi connectivity index (χ3n) is 5.96. The molecule has 1 aliphatic rings. The molecule has 1 N–H and O–H groups in total. The molecule has 8 heteroatoms. The van der Waals surface area contributed by atoms with Gasteiger partial charge in [-0.1, -0.05) is 23.5 Å². The number of carbonyl (C=O) groups excluding carboxylic acids is 1. The van der Waals surface area contributed by atoms with Gasteiger partial charge >= 0.3 is 0 Å². The Balaban J connectivity index is 1.59. The molecule has 3 aromatic rings. The molecule has 0 bridgehead atoms. The summed E-state index contributed by atoms with van der Waals surface area (Å²) in [5.74, 6) is -0.479. The highest BCUT2D eigenvalue weighted by molar-refractivity contribution is 7.19. The van der Waals surface area contributed by atoms with E-state index in [4.69, 9.17) is 0 Å². The van der Waals surface area contributed by atoms with Crippen LogP contribution >= 0.6 is 11.3 Å². The number of amides is 1. The highest BCUT2D eigenvalue weighted by Gasteiger charge is 2.19. The third kappa shape index (κ3) is 4.16. The number of rotatable bonds is 5. The van der Waals surface area contributed by atoms with Crippen LogP contribution in [-0.4, -0.2) is 33.8 Å². The zero-order chi connectivity index (χ0) is 22.8. The number of aryl methyl sites for hydroxylation is 2. The minimum Gasteiger partial charge on any atom is -0.347 e. The van der Waals surface area contributed by atoms with Crippen molar-refractivity contribution in [2.45, 2.75) is 40.5 Å². The number of benzene rings is 1. The van der Waals surface area contributed by atoms with E-state index < -0.39 is 5.91 Å². The first-order chi connectivity index (χ1) is 15.4. The van der Waals surface area contributed by atoms with Gasteiger partial charge in [0.05, 0.1) is 0 Å². The molecule has 0 atom stereocenters. The van der Waals surface area contributed by atoms with E-state index in [0.29, 0.717) is 5.13 Å². The van der Waals surface area contributed by atoms with Crippen LogP contribution in [0.2, 0.25) is 0 Å². The zero-order valence-electron chi connectivity index (χ0n) is 18.8.